The summed E-state index contributed by atoms with van der Waals surface area (Å²) in [7, 11) is -3.71. The summed E-state index contributed by atoms with van der Waals surface area (Å²) in [6, 6.07) is 4.81. The van der Waals surface area contributed by atoms with E-state index in [1.807, 2.05) is 6.92 Å². The molecule has 0 fully saturated rings. The number of nitrogens with two attached hydrogens (primary N) is 1. The Bertz CT molecular complexity index is 454. The van der Waals surface area contributed by atoms with E-state index in [4.69, 9.17) is 5.14 Å². The van der Waals surface area contributed by atoms with E-state index in [1.165, 1.54) is 6.07 Å². The van der Waals surface area contributed by atoms with Crippen LogP contribution in [0.15, 0.2) is 23.1 Å². The lowest BCUT2D eigenvalue weighted by Gasteiger charge is -2.11. The molecule has 5 heteroatoms. The van der Waals surface area contributed by atoms with Crippen LogP contribution in [0.3, 0.4) is 0 Å². The predicted molar refractivity (Wildman–Crippen MR) is 62.4 cm³/mol. The summed E-state index contributed by atoms with van der Waals surface area (Å²) in [5, 5.41) is 14.3. The SMILES string of the molecule is CCCCc1c(CO)cccc1S(N)(=O)=O. The molecule has 0 amide bonds. The molecule has 16 heavy (non-hydrogen) atoms. The van der Waals surface area contributed by atoms with Gasteiger partial charge < -0.3 is 5.11 Å². The molecule has 0 aliphatic carbocycles. The molecule has 1 aromatic rings. The molecule has 1 aromatic carbocycles. The summed E-state index contributed by atoms with van der Waals surface area (Å²) in [6.45, 7) is 1.86. The largest absolute Gasteiger partial charge is 0.392 e. The van der Waals surface area contributed by atoms with Crippen LogP contribution < -0.4 is 5.14 Å². The van der Waals surface area contributed by atoms with Crippen molar-refractivity contribution in [2.75, 3.05) is 0 Å². The zero-order valence-corrected chi connectivity index (χ0v) is 10.1. The maximum atomic E-state index is 11.4. The summed E-state index contributed by atoms with van der Waals surface area (Å²) in [5.41, 5.74) is 1.29. The van der Waals surface area contributed by atoms with Gasteiger partial charge in [-0.1, -0.05) is 25.5 Å². The number of rotatable bonds is 5. The zero-order valence-electron chi connectivity index (χ0n) is 9.31. The second-order valence-corrected chi connectivity index (χ2v) is 5.23. The first-order valence-corrected chi connectivity index (χ1v) is 6.79. The van der Waals surface area contributed by atoms with E-state index >= 15 is 0 Å². The van der Waals surface area contributed by atoms with Crippen LogP contribution in [0.25, 0.3) is 0 Å². The molecule has 4 nitrogen and oxygen atoms in total. The fraction of sp³-hybridized carbons (Fsp3) is 0.455. The Morgan fingerprint density at radius 2 is 2.06 bits per heavy atom. The van der Waals surface area contributed by atoms with Gasteiger partial charge in [0.25, 0.3) is 0 Å². The highest BCUT2D eigenvalue weighted by Gasteiger charge is 2.15. The number of aliphatic hydroxyl groups is 1. The van der Waals surface area contributed by atoms with E-state index in [-0.39, 0.29) is 11.5 Å². The van der Waals surface area contributed by atoms with E-state index in [0.717, 1.165) is 12.8 Å². The maximum Gasteiger partial charge on any atom is 0.238 e. The zero-order chi connectivity index (χ0) is 12.2. The Balaban J connectivity index is 3.26. The highest BCUT2D eigenvalue weighted by Crippen LogP contribution is 2.21. The maximum absolute atomic E-state index is 11.4. The minimum Gasteiger partial charge on any atom is -0.392 e. The van der Waals surface area contributed by atoms with Gasteiger partial charge in [-0.2, -0.15) is 0 Å². The molecule has 0 spiro atoms. The molecule has 90 valence electrons. The van der Waals surface area contributed by atoms with Crippen molar-refractivity contribution in [1.82, 2.24) is 0 Å². The van der Waals surface area contributed by atoms with Crippen LogP contribution in [-0.4, -0.2) is 13.5 Å². The van der Waals surface area contributed by atoms with Crippen molar-refractivity contribution in [3.05, 3.63) is 29.3 Å². The van der Waals surface area contributed by atoms with Gasteiger partial charge in [-0.05, 0) is 30.0 Å². The van der Waals surface area contributed by atoms with Crippen LogP contribution in [-0.2, 0) is 23.1 Å². The first kappa shape index (κ1) is 13.2. The van der Waals surface area contributed by atoms with Crippen LogP contribution in [0.5, 0.6) is 0 Å². The minimum absolute atomic E-state index is 0.132. The van der Waals surface area contributed by atoms with Crippen LogP contribution in [0.2, 0.25) is 0 Å². The molecule has 0 saturated carbocycles. The molecule has 0 aliphatic rings. The van der Waals surface area contributed by atoms with Gasteiger partial charge in [0.05, 0.1) is 11.5 Å². The number of benzene rings is 1. The molecule has 3 N–H and O–H groups in total. The Morgan fingerprint density at radius 3 is 2.56 bits per heavy atom. The van der Waals surface area contributed by atoms with Crippen molar-refractivity contribution in [3.63, 3.8) is 0 Å². The summed E-state index contributed by atoms with van der Waals surface area (Å²) >= 11 is 0. The number of hydrogen-bond donors (Lipinski definition) is 2. The lowest BCUT2D eigenvalue weighted by Crippen LogP contribution is -2.15. The van der Waals surface area contributed by atoms with Crippen LogP contribution >= 0.6 is 0 Å². The van der Waals surface area contributed by atoms with Gasteiger partial charge in [0.15, 0.2) is 0 Å². The third-order valence-corrected chi connectivity index (χ3v) is 3.48. The molecule has 0 bridgehead atoms. The van der Waals surface area contributed by atoms with Crippen LogP contribution in [0.1, 0.15) is 30.9 Å². The normalized spacial score (nSPS) is 11.7. The highest BCUT2D eigenvalue weighted by molar-refractivity contribution is 7.89. The average molecular weight is 243 g/mol. The highest BCUT2D eigenvalue weighted by atomic mass is 32.2. The third-order valence-electron chi connectivity index (χ3n) is 2.49. The van der Waals surface area contributed by atoms with Gasteiger partial charge in [-0.25, -0.2) is 13.6 Å². The quantitative estimate of drug-likeness (QED) is 0.814. The van der Waals surface area contributed by atoms with Crippen LogP contribution in [0.4, 0.5) is 0 Å². The summed E-state index contributed by atoms with van der Waals surface area (Å²) in [6.07, 6.45) is 2.46. The number of primary sulfonamides is 1. The lowest BCUT2D eigenvalue weighted by atomic mass is 10.0. The molecular weight excluding hydrogens is 226 g/mol. The van der Waals surface area contributed by atoms with Crippen LogP contribution in [0, 0.1) is 0 Å². The average Bonchev–Trinajstić information content (AvgIpc) is 2.24. The first-order valence-electron chi connectivity index (χ1n) is 5.25. The molecule has 0 heterocycles. The van der Waals surface area contributed by atoms with E-state index < -0.39 is 10.0 Å². The molecule has 0 aromatic heterocycles. The van der Waals surface area contributed by atoms with Gasteiger partial charge in [-0.15, -0.1) is 0 Å². The molecule has 0 unspecified atom stereocenters. The second-order valence-electron chi connectivity index (χ2n) is 3.70. The van der Waals surface area contributed by atoms with Gasteiger partial charge >= 0.3 is 0 Å². The van der Waals surface area contributed by atoms with Crippen molar-refractivity contribution >= 4 is 10.0 Å². The van der Waals surface area contributed by atoms with Crippen molar-refractivity contribution in [2.24, 2.45) is 5.14 Å². The van der Waals surface area contributed by atoms with Gasteiger partial charge in [0.1, 0.15) is 0 Å². The fourth-order valence-corrected chi connectivity index (χ4v) is 2.51. The number of sulfonamides is 1. The fourth-order valence-electron chi connectivity index (χ4n) is 1.66. The van der Waals surface area contributed by atoms with E-state index in [1.54, 1.807) is 12.1 Å². The summed E-state index contributed by atoms with van der Waals surface area (Å²) in [5.74, 6) is 0. The second kappa shape index (κ2) is 5.43. The van der Waals surface area contributed by atoms with E-state index in [0.29, 0.717) is 17.5 Å². The number of hydrogen-bond acceptors (Lipinski definition) is 3. The number of aliphatic hydroxyl groups excluding tert-OH is 1. The molecule has 0 atom stereocenters. The van der Waals surface area contributed by atoms with Gasteiger partial charge in [0.2, 0.25) is 10.0 Å². The first-order chi connectivity index (χ1) is 7.50. The van der Waals surface area contributed by atoms with Crippen molar-refractivity contribution in [2.45, 2.75) is 37.7 Å². The lowest BCUT2D eigenvalue weighted by molar-refractivity contribution is 0.280. The molecule has 0 radical (unpaired) electrons. The Kier molecular flexibility index (Phi) is 4.46. The van der Waals surface area contributed by atoms with E-state index in [2.05, 4.69) is 0 Å². The standard InChI is InChI=1S/C11H17NO3S/c1-2-3-6-10-9(8-13)5-4-7-11(10)16(12,14)15/h4-5,7,13H,2-3,6,8H2,1H3,(H2,12,14,15). The molecule has 0 aliphatic heterocycles. The predicted octanol–water partition coefficient (Wildman–Crippen LogP) is 1.17. The van der Waals surface area contributed by atoms with E-state index in [9.17, 15) is 13.5 Å². The van der Waals surface area contributed by atoms with Gasteiger partial charge in [-0.3, -0.25) is 0 Å². The van der Waals surface area contributed by atoms with Gasteiger partial charge in [0, 0.05) is 0 Å². The Labute approximate surface area is 96.2 Å². The molecule has 1 rings (SSSR count). The monoisotopic (exact) mass is 243 g/mol. The smallest absolute Gasteiger partial charge is 0.238 e. The summed E-state index contributed by atoms with van der Waals surface area (Å²) < 4.78 is 22.8. The Hall–Kier alpha value is -0.910. The molecular formula is C11H17NO3S. The topological polar surface area (TPSA) is 80.4 Å². The number of unbranched alkanes of at least 4 members (excludes halogenated alkanes) is 1. The van der Waals surface area contributed by atoms with Crippen molar-refractivity contribution in [1.29, 1.82) is 0 Å². The third kappa shape index (κ3) is 3.04. The van der Waals surface area contributed by atoms with Crippen molar-refractivity contribution in [3.8, 4) is 0 Å². The summed E-state index contributed by atoms with van der Waals surface area (Å²) in [4.78, 5) is 0.132. The van der Waals surface area contributed by atoms with Crippen molar-refractivity contribution < 1.29 is 13.5 Å². The molecule has 0 saturated heterocycles. The minimum atomic E-state index is -3.71. The Morgan fingerprint density at radius 1 is 1.38 bits per heavy atom.